The van der Waals surface area contributed by atoms with E-state index < -0.39 is 22.0 Å². The first-order valence-electron chi connectivity index (χ1n) is 6.38. The summed E-state index contributed by atoms with van der Waals surface area (Å²) in [7, 11) is -3.86. The molecule has 2 rings (SSSR count). The maximum Gasteiger partial charge on any atom is 0.266 e. The van der Waals surface area contributed by atoms with E-state index in [2.05, 4.69) is 5.32 Å². The highest BCUT2D eigenvalue weighted by Gasteiger charge is 2.35. The zero-order valence-electron chi connectivity index (χ0n) is 10.9. The second-order valence-electron chi connectivity index (χ2n) is 4.56. The van der Waals surface area contributed by atoms with Gasteiger partial charge in [0.1, 0.15) is 6.04 Å². The van der Waals surface area contributed by atoms with Gasteiger partial charge in [0.25, 0.3) is 15.9 Å². The predicted molar refractivity (Wildman–Crippen MR) is 72.2 cm³/mol. The quantitative estimate of drug-likeness (QED) is 0.820. The smallest absolute Gasteiger partial charge is 0.266 e. The molecule has 1 aliphatic rings. The van der Waals surface area contributed by atoms with Crippen LogP contribution in [0.3, 0.4) is 0 Å². The number of rotatable bonds is 4. The van der Waals surface area contributed by atoms with Crippen LogP contribution in [0.15, 0.2) is 35.2 Å². The number of carbonyl (C=O) groups is 2. The van der Waals surface area contributed by atoms with E-state index in [9.17, 15) is 18.0 Å². The Balaban J connectivity index is 2.34. The van der Waals surface area contributed by atoms with Crippen molar-refractivity contribution >= 4 is 22.3 Å². The molecule has 6 nitrogen and oxygen atoms in total. The first-order valence-corrected chi connectivity index (χ1v) is 7.82. The second kappa shape index (κ2) is 6.04. The molecule has 0 aliphatic carbocycles. The maximum absolute atomic E-state index is 12.5. The number of hydrogen-bond donors (Lipinski definition) is 1. The molecule has 0 spiro atoms. The molecule has 0 aromatic heterocycles. The van der Waals surface area contributed by atoms with Crippen LogP contribution in [-0.4, -0.2) is 37.6 Å². The lowest BCUT2D eigenvalue weighted by Gasteiger charge is -2.23. The van der Waals surface area contributed by atoms with Gasteiger partial charge in [-0.25, -0.2) is 12.7 Å². The normalized spacial score (nSPS) is 20.3. The fraction of sp³-hybridized carbons (Fsp3) is 0.385. The van der Waals surface area contributed by atoms with E-state index in [4.69, 9.17) is 0 Å². The lowest BCUT2D eigenvalue weighted by atomic mass is 10.1. The molecule has 1 fully saturated rings. The molecular formula is C13H16N2O4S. The summed E-state index contributed by atoms with van der Waals surface area (Å²) in [6.07, 6.45) is 2.17. The highest BCUT2D eigenvalue weighted by molar-refractivity contribution is 7.89. The van der Waals surface area contributed by atoms with Gasteiger partial charge in [0.15, 0.2) is 0 Å². The molecule has 1 N–H and O–H groups in total. The Labute approximate surface area is 117 Å². The molecule has 0 saturated carbocycles. The summed E-state index contributed by atoms with van der Waals surface area (Å²) in [6.45, 7) is 0.146. The summed E-state index contributed by atoms with van der Waals surface area (Å²) in [6, 6.07) is 7.06. The molecule has 1 saturated heterocycles. The number of hydrogen-bond acceptors (Lipinski definition) is 4. The number of sulfonamides is 1. The standard InChI is InChI=1S/C13H16N2O4S/c16-10-14-12-8-4-5-9-15(13(12)17)20(18,19)11-6-2-1-3-7-11/h1-3,6-7,10,12H,4-5,8-9H2,(H,14,16)/t12-/m0/s1. The van der Waals surface area contributed by atoms with Gasteiger partial charge in [0.05, 0.1) is 4.90 Å². The Morgan fingerprint density at radius 2 is 1.90 bits per heavy atom. The van der Waals surface area contributed by atoms with Gasteiger partial charge in [0.2, 0.25) is 6.41 Å². The van der Waals surface area contributed by atoms with Crippen LogP contribution < -0.4 is 5.32 Å². The van der Waals surface area contributed by atoms with Crippen LogP contribution in [0.1, 0.15) is 19.3 Å². The molecule has 108 valence electrons. The first kappa shape index (κ1) is 14.5. The fourth-order valence-electron chi connectivity index (χ4n) is 2.21. The van der Waals surface area contributed by atoms with E-state index in [1.54, 1.807) is 18.2 Å². The second-order valence-corrected chi connectivity index (χ2v) is 6.42. The summed E-state index contributed by atoms with van der Waals surface area (Å²) < 4.78 is 25.8. The average molecular weight is 296 g/mol. The van der Waals surface area contributed by atoms with Crippen molar-refractivity contribution in [1.82, 2.24) is 9.62 Å². The molecule has 0 radical (unpaired) electrons. The van der Waals surface area contributed by atoms with Gasteiger partial charge in [0, 0.05) is 6.54 Å². The Bertz CT molecular complexity index is 586. The van der Waals surface area contributed by atoms with Gasteiger partial charge in [-0.1, -0.05) is 18.2 Å². The van der Waals surface area contributed by atoms with Crippen molar-refractivity contribution in [3.05, 3.63) is 30.3 Å². The zero-order chi connectivity index (χ0) is 14.6. The number of carbonyl (C=O) groups excluding carboxylic acids is 2. The van der Waals surface area contributed by atoms with Gasteiger partial charge >= 0.3 is 0 Å². The summed E-state index contributed by atoms with van der Waals surface area (Å²) in [4.78, 5) is 22.9. The maximum atomic E-state index is 12.5. The highest BCUT2D eigenvalue weighted by Crippen LogP contribution is 2.21. The van der Waals surface area contributed by atoms with E-state index in [-0.39, 0.29) is 11.4 Å². The Morgan fingerprint density at radius 3 is 2.55 bits per heavy atom. The Kier molecular flexibility index (Phi) is 4.39. The highest BCUT2D eigenvalue weighted by atomic mass is 32.2. The average Bonchev–Trinajstić information content (AvgIpc) is 2.63. The molecule has 0 bridgehead atoms. The molecule has 2 amide bonds. The minimum atomic E-state index is -3.86. The molecular weight excluding hydrogens is 280 g/mol. The van der Waals surface area contributed by atoms with Gasteiger partial charge < -0.3 is 5.32 Å². The van der Waals surface area contributed by atoms with Crippen LogP contribution in [0, 0.1) is 0 Å². The summed E-state index contributed by atoms with van der Waals surface area (Å²) >= 11 is 0. The van der Waals surface area contributed by atoms with E-state index >= 15 is 0 Å². The van der Waals surface area contributed by atoms with Crippen molar-refractivity contribution in [2.75, 3.05) is 6.54 Å². The monoisotopic (exact) mass is 296 g/mol. The molecule has 1 aliphatic heterocycles. The van der Waals surface area contributed by atoms with Crippen LogP contribution in [0.5, 0.6) is 0 Å². The number of benzene rings is 1. The summed E-state index contributed by atoms with van der Waals surface area (Å²) in [5, 5.41) is 2.39. The fourth-order valence-corrected chi connectivity index (χ4v) is 3.70. The van der Waals surface area contributed by atoms with Crippen molar-refractivity contribution in [3.8, 4) is 0 Å². The number of nitrogens with one attached hydrogen (secondary N) is 1. The lowest BCUT2D eigenvalue weighted by Crippen LogP contribution is -2.47. The number of nitrogens with zero attached hydrogens (tertiary/aromatic N) is 1. The minimum absolute atomic E-state index is 0.0834. The van der Waals surface area contributed by atoms with E-state index in [1.807, 2.05) is 0 Å². The van der Waals surface area contributed by atoms with Gasteiger partial charge in [-0.15, -0.1) is 0 Å². The minimum Gasteiger partial charge on any atom is -0.347 e. The van der Waals surface area contributed by atoms with Crippen molar-refractivity contribution in [1.29, 1.82) is 0 Å². The van der Waals surface area contributed by atoms with Crippen LogP contribution in [-0.2, 0) is 19.6 Å². The molecule has 1 aromatic rings. The first-order chi connectivity index (χ1) is 9.57. The van der Waals surface area contributed by atoms with E-state index in [0.717, 1.165) is 4.31 Å². The summed E-state index contributed by atoms with van der Waals surface area (Å²) in [5.74, 6) is -0.571. The number of amides is 2. The van der Waals surface area contributed by atoms with Crippen LogP contribution in [0.4, 0.5) is 0 Å². The predicted octanol–water partition coefficient (Wildman–Crippen LogP) is 0.502. The van der Waals surface area contributed by atoms with Crippen LogP contribution >= 0.6 is 0 Å². The Hall–Kier alpha value is -1.89. The van der Waals surface area contributed by atoms with E-state index in [0.29, 0.717) is 25.7 Å². The van der Waals surface area contributed by atoms with Gasteiger partial charge in [-0.2, -0.15) is 0 Å². The third-order valence-corrected chi connectivity index (χ3v) is 5.06. The Morgan fingerprint density at radius 1 is 1.20 bits per heavy atom. The largest absolute Gasteiger partial charge is 0.347 e. The van der Waals surface area contributed by atoms with Crippen molar-refractivity contribution < 1.29 is 18.0 Å². The van der Waals surface area contributed by atoms with Crippen molar-refractivity contribution in [2.45, 2.75) is 30.2 Å². The topological polar surface area (TPSA) is 83.6 Å². The van der Waals surface area contributed by atoms with Crippen LogP contribution in [0.25, 0.3) is 0 Å². The van der Waals surface area contributed by atoms with Crippen LogP contribution in [0.2, 0.25) is 0 Å². The van der Waals surface area contributed by atoms with Gasteiger partial charge in [-0.3, -0.25) is 9.59 Å². The van der Waals surface area contributed by atoms with Crippen molar-refractivity contribution in [2.24, 2.45) is 0 Å². The molecule has 1 aromatic carbocycles. The van der Waals surface area contributed by atoms with E-state index in [1.165, 1.54) is 12.1 Å². The molecule has 1 heterocycles. The third-order valence-electron chi connectivity index (χ3n) is 3.25. The lowest BCUT2D eigenvalue weighted by molar-refractivity contribution is -0.129. The molecule has 20 heavy (non-hydrogen) atoms. The SMILES string of the molecule is O=CN[C@H]1CCCCN(S(=O)(=O)c2ccccc2)C1=O. The van der Waals surface area contributed by atoms with Crippen molar-refractivity contribution in [3.63, 3.8) is 0 Å². The van der Waals surface area contributed by atoms with Gasteiger partial charge in [-0.05, 0) is 31.4 Å². The molecule has 1 atom stereocenters. The third kappa shape index (κ3) is 2.82. The molecule has 0 unspecified atom stereocenters. The zero-order valence-corrected chi connectivity index (χ0v) is 11.7. The molecule has 7 heteroatoms. The summed E-state index contributed by atoms with van der Waals surface area (Å²) in [5.41, 5.74) is 0.